The Morgan fingerprint density at radius 1 is 1.30 bits per heavy atom. The second-order valence-corrected chi connectivity index (χ2v) is 11.4. The standard InChI is InChI=1S/C4H4P6/c1-3(8-10-6-1)4-5-2-7-9-4/h1-2,9-10H. The summed E-state index contributed by atoms with van der Waals surface area (Å²) in [5, 5.41) is 3.36. The van der Waals surface area contributed by atoms with E-state index in [0.717, 1.165) is 15.4 Å². The molecule has 0 fully saturated rings. The van der Waals surface area contributed by atoms with E-state index >= 15 is 0 Å². The van der Waals surface area contributed by atoms with Crippen LogP contribution in [-0.2, 0) is 0 Å². The Morgan fingerprint density at radius 2 is 2.30 bits per heavy atom. The van der Waals surface area contributed by atoms with Crippen LogP contribution in [0.2, 0.25) is 0 Å². The van der Waals surface area contributed by atoms with Gasteiger partial charge in [-0.15, -0.1) is 0 Å². The minimum atomic E-state index is 1.08. The fourth-order valence-corrected chi connectivity index (χ4v) is 12.6. The predicted molar refractivity (Wildman–Crippen MR) is 60.9 cm³/mol. The van der Waals surface area contributed by atoms with E-state index in [9.17, 15) is 0 Å². The molecule has 50 valence electrons. The van der Waals surface area contributed by atoms with Crippen molar-refractivity contribution in [3.8, 4) is 10.3 Å². The van der Waals surface area contributed by atoms with Crippen molar-refractivity contribution >= 4 is 47.2 Å². The Labute approximate surface area is 69.1 Å². The summed E-state index contributed by atoms with van der Waals surface area (Å²) in [5.74, 6) is 2.41. The summed E-state index contributed by atoms with van der Waals surface area (Å²) in [6, 6.07) is 0. The maximum atomic E-state index is 2.41. The number of hydrogen-bond acceptors (Lipinski definition) is 0. The first-order valence-electron chi connectivity index (χ1n) is 2.68. The van der Waals surface area contributed by atoms with Crippen LogP contribution in [0.5, 0.6) is 0 Å². The summed E-state index contributed by atoms with van der Waals surface area (Å²) >= 11 is 0. The molecule has 0 spiro atoms. The van der Waals surface area contributed by atoms with Gasteiger partial charge in [0, 0.05) is 10.3 Å². The molecule has 0 aliphatic heterocycles. The zero-order chi connectivity index (χ0) is 6.81. The lowest BCUT2D eigenvalue weighted by Crippen LogP contribution is -1.45. The molecule has 2 unspecified atom stereocenters. The largest absolute Gasteiger partial charge is 0.0970 e. The van der Waals surface area contributed by atoms with Gasteiger partial charge in [0.1, 0.15) is 0 Å². The Morgan fingerprint density at radius 3 is 2.90 bits per heavy atom. The molecule has 2 heterocycles. The van der Waals surface area contributed by atoms with Crippen LogP contribution in [0.25, 0.3) is 10.3 Å². The molecule has 10 heavy (non-hydrogen) atoms. The van der Waals surface area contributed by atoms with Gasteiger partial charge in [-0.1, -0.05) is 31.5 Å². The first-order chi connectivity index (χ1) is 4.97. The SMILES string of the molecule is c1p[pH]c(-c2cp[pH]p2)p1. The Kier molecular flexibility index (Phi) is 3.00. The van der Waals surface area contributed by atoms with Crippen LogP contribution in [0.4, 0.5) is 0 Å². The topological polar surface area (TPSA) is 0 Å². The normalized spacial score (nSPS) is 14.8. The molecule has 0 aliphatic rings. The second kappa shape index (κ2) is 3.79. The Bertz CT molecular complexity index is 249. The molecule has 0 aromatic carbocycles. The molecule has 2 atom stereocenters. The van der Waals surface area contributed by atoms with Gasteiger partial charge in [0.25, 0.3) is 0 Å². The van der Waals surface area contributed by atoms with Gasteiger partial charge in [0.05, 0.1) is 0 Å². The molecule has 0 saturated carbocycles. The van der Waals surface area contributed by atoms with Gasteiger partial charge in [-0.3, -0.25) is 0 Å². The molecule has 0 radical (unpaired) electrons. The van der Waals surface area contributed by atoms with Crippen LogP contribution in [0, 0.1) is 0 Å². The van der Waals surface area contributed by atoms with Crippen molar-refractivity contribution < 1.29 is 0 Å². The van der Waals surface area contributed by atoms with Crippen molar-refractivity contribution in [1.29, 1.82) is 0 Å². The van der Waals surface area contributed by atoms with Crippen LogP contribution in [0.15, 0.2) is 11.3 Å². The van der Waals surface area contributed by atoms with Gasteiger partial charge in [-0.25, -0.2) is 0 Å². The fraction of sp³-hybridized carbons (Fsp3) is 0. The van der Waals surface area contributed by atoms with Crippen molar-refractivity contribution in [2.24, 2.45) is 0 Å². The summed E-state index contributed by atoms with van der Waals surface area (Å²) in [4.78, 5) is 0. The van der Waals surface area contributed by atoms with E-state index in [-0.39, 0.29) is 0 Å². The lowest BCUT2D eigenvalue weighted by molar-refractivity contribution is 2.28. The molecule has 0 amide bonds. The van der Waals surface area contributed by atoms with Gasteiger partial charge in [0.2, 0.25) is 0 Å². The highest BCUT2D eigenvalue weighted by molar-refractivity contribution is 8.18. The van der Waals surface area contributed by atoms with Crippen molar-refractivity contribution in [2.75, 3.05) is 0 Å². The summed E-state index contributed by atoms with van der Waals surface area (Å²) in [7, 11) is 8.42. The molecule has 0 N–H and O–H groups in total. The minimum absolute atomic E-state index is 1.08. The van der Waals surface area contributed by atoms with Crippen LogP contribution in [0.3, 0.4) is 0 Å². The third-order valence-electron chi connectivity index (χ3n) is 1.07. The lowest BCUT2D eigenvalue weighted by atomic mass is 10.7. The molecular weight excluding hydrogens is 234 g/mol. The molecule has 2 rings (SSSR count). The van der Waals surface area contributed by atoms with Crippen LogP contribution in [-0.4, -0.2) is 0 Å². The van der Waals surface area contributed by atoms with Crippen molar-refractivity contribution in [1.82, 2.24) is 0 Å². The van der Waals surface area contributed by atoms with Crippen LogP contribution >= 0.6 is 47.2 Å². The van der Waals surface area contributed by atoms with E-state index in [4.69, 9.17) is 0 Å². The van der Waals surface area contributed by atoms with E-state index in [2.05, 4.69) is 11.3 Å². The minimum Gasteiger partial charge on any atom is -0.0970 e. The van der Waals surface area contributed by atoms with Gasteiger partial charge >= 0.3 is 0 Å². The molecule has 0 aliphatic carbocycles. The highest BCUT2D eigenvalue weighted by atomic mass is 32.1. The first-order valence-corrected chi connectivity index (χ1v) is 11.0. The van der Waals surface area contributed by atoms with Gasteiger partial charge in [0.15, 0.2) is 0 Å². The molecule has 2 aromatic rings. The average Bonchev–Trinajstić information content (AvgIpc) is 2.59. The highest BCUT2D eigenvalue weighted by Gasteiger charge is 1.96. The first kappa shape index (κ1) is 7.90. The Hall–Kier alpha value is 1.28. The third kappa shape index (κ3) is 1.71. The van der Waals surface area contributed by atoms with Gasteiger partial charge in [-0.2, -0.15) is 0 Å². The maximum absolute atomic E-state index is 2.41. The van der Waals surface area contributed by atoms with Crippen LogP contribution < -0.4 is 0 Å². The molecule has 2 aromatic heterocycles. The maximum Gasteiger partial charge on any atom is 0.0353 e. The van der Waals surface area contributed by atoms with Crippen molar-refractivity contribution in [3.05, 3.63) is 11.3 Å². The van der Waals surface area contributed by atoms with Gasteiger partial charge < -0.3 is 0 Å². The smallest absolute Gasteiger partial charge is 0.0353 e. The third-order valence-corrected chi connectivity index (χ3v) is 11.9. The average molecular weight is 238 g/mol. The fourth-order valence-electron chi connectivity index (χ4n) is 0.645. The van der Waals surface area contributed by atoms with Crippen molar-refractivity contribution in [3.63, 3.8) is 0 Å². The van der Waals surface area contributed by atoms with E-state index in [1.54, 1.807) is 33.9 Å². The summed E-state index contributed by atoms with van der Waals surface area (Å²) in [6.07, 6.45) is 0. The zero-order valence-corrected chi connectivity index (χ0v) is 10.5. The summed E-state index contributed by atoms with van der Waals surface area (Å²) in [5.41, 5.74) is 2.36. The molecular formula is C4H4P6. The van der Waals surface area contributed by atoms with Gasteiger partial charge in [-0.05, 0) is 27.1 Å². The van der Waals surface area contributed by atoms with Crippen LogP contribution in [0.1, 0.15) is 0 Å². The Balaban J connectivity index is 2.48. The second-order valence-electron chi connectivity index (χ2n) is 1.69. The molecule has 0 nitrogen and oxygen atoms in total. The van der Waals surface area contributed by atoms with Crippen molar-refractivity contribution in [2.45, 2.75) is 0 Å². The molecule has 6 heteroatoms. The van der Waals surface area contributed by atoms with E-state index in [1.165, 1.54) is 8.19 Å². The predicted octanol–water partition coefficient (Wildman–Crippen LogP) is 5.74. The monoisotopic (exact) mass is 238 g/mol. The quantitative estimate of drug-likeness (QED) is 0.594. The molecule has 0 saturated heterocycles. The summed E-state index contributed by atoms with van der Waals surface area (Å²) in [6.45, 7) is 0. The highest BCUT2D eigenvalue weighted by Crippen LogP contribution is 2.51. The van der Waals surface area contributed by atoms with E-state index < -0.39 is 0 Å². The van der Waals surface area contributed by atoms with E-state index in [1.807, 2.05) is 0 Å². The number of rotatable bonds is 1. The lowest BCUT2D eigenvalue weighted by Gasteiger charge is -1.84. The summed E-state index contributed by atoms with van der Waals surface area (Å²) < 4.78 is 0. The molecule has 0 bridgehead atoms. The number of hydrogen-bond donors (Lipinski definition) is 0. The zero-order valence-electron chi connectivity index (χ0n) is 4.94. The van der Waals surface area contributed by atoms with E-state index in [0.29, 0.717) is 0 Å².